The highest BCUT2D eigenvalue weighted by Crippen LogP contribution is 2.15. The number of hydrogen-bond donors (Lipinski definition) is 2. The van der Waals surface area contributed by atoms with Gasteiger partial charge >= 0.3 is 0 Å². The molecule has 2 unspecified atom stereocenters. The molecule has 6 heteroatoms. The predicted molar refractivity (Wildman–Crippen MR) is 110 cm³/mol. The van der Waals surface area contributed by atoms with E-state index in [-0.39, 0.29) is 24.4 Å². The van der Waals surface area contributed by atoms with Gasteiger partial charge in [0.25, 0.3) is 5.56 Å². The average Bonchev–Trinajstić information content (AvgIpc) is 2.69. The highest BCUT2D eigenvalue weighted by atomic mass is 16.2. The molecule has 150 valence electrons. The van der Waals surface area contributed by atoms with Crippen LogP contribution in [-0.2, 0) is 11.3 Å². The van der Waals surface area contributed by atoms with Gasteiger partial charge in [-0.15, -0.1) is 0 Å². The monoisotopic (exact) mass is 383 g/mol. The van der Waals surface area contributed by atoms with Crippen molar-refractivity contribution in [1.82, 2.24) is 15.1 Å². The molecule has 2 aromatic rings. The van der Waals surface area contributed by atoms with Crippen molar-refractivity contribution in [3.8, 4) is 11.3 Å². The Hall–Kier alpha value is -2.47. The van der Waals surface area contributed by atoms with Gasteiger partial charge in [0, 0.05) is 18.1 Å². The van der Waals surface area contributed by atoms with Gasteiger partial charge in [-0.05, 0) is 39.2 Å². The van der Waals surface area contributed by atoms with Crippen molar-refractivity contribution in [2.45, 2.75) is 52.1 Å². The molecule has 2 heterocycles. The first-order chi connectivity index (χ1) is 13.5. The first-order valence-corrected chi connectivity index (χ1v) is 10.3. The smallest absolute Gasteiger partial charge is 0.266 e. The molecular formula is C22H31N4O2+. The number of likely N-dealkylation sites (tertiary alicyclic amines) is 1. The number of aromatic nitrogens is 2. The van der Waals surface area contributed by atoms with Crippen LogP contribution in [0.4, 0.5) is 0 Å². The zero-order valence-electron chi connectivity index (χ0n) is 16.9. The predicted octanol–water partition coefficient (Wildman–Crippen LogP) is 1.18. The Labute approximate surface area is 166 Å². The minimum Gasteiger partial charge on any atom is -0.350 e. The average molecular weight is 384 g/mol. The lowest BCUT2D eigenvalue weighted by atomic mass is 10.0. The summed E-state index contributed by atoms with van der Waals surface area (Å²) < 4.78 is 1.38. The van der Waals surface area contributed by atoms with Crippen LogP contribution >= 0.6 is 0 Å². The largest absolute Gasteiger partial charge is 0.350 e. The van der Waals surface area contributed by atoms with E-state index in [0.717, 1.165) is 17.8 Å². The molecule has 2 atom stereocenters. The lowest BCUT2D eigenvalue weighted by Crippen LogP contribution is -3.16. The van der Waals surface area contributed by atoms with Gasteiger partial charge in [-0.25, -0.2) is 4.68 Å². The van der Waals surface area contributed by atoms with E-state index in [4.69, 9.17) is 0 Å². The van der Waals surface area contributed by atoms with Crippen molar-refractivity contribution in [2.75, 3.05) is 19.6 Å². The SMILES string of the molecule is Cc1ccc(-c2ccc(=O)n(CCC(=O)NCC[NH+]3CCCCC3C)n2)cc1. The van der Waals surface area contributed by atoms with Crippen LogP contribution in [0.5, 0.6) is 0 Å². The molecule has 0 radical (unpaired) electrons. The highest BCUT2D eigenvalue weighted by molar-refractivity contribution is 5.75. The molecule has 1 fully saturated rings. The number of carbonyl (C=O) groups excluding carboxylic acids is 1. The van der Waals surface area contributed by atoms with Crippen LogP contribution in [-0.4, -0.2) is 41.4 Å². The first kappa shape index (κ1) is 20.3. The lowest BCUT2D eigenvalue weighted by molar-refractivity contribution is -0.927. The van der Waals surface area contributed by atoms with Crippen LogP contribution in [0, 0.1) is 6.92 Å². The Balaban J connectivity index is 1.50. The summed E-state index contributed by atoms with van der Waals surface area (Å²) in [5.41, 5.74) is 2.69. The van der Waals surface area contributed by atoms with Crippen molar-refractivity contribution in [3.63, 3.8) is 0 Å². The van der Waals surface area contributed by atoms with Crippen molar-refractivity contribution >= 4 is 5.91 Å². The van der Waals surface area contributed by atoms with E-state index >= 15 is 0 Å². The zero-order valence-corrected chi connectivity index (χ0v) is 16.9. The summed E-state index contributed by atoms with van der Waals surface area (Å²) >= 11 is 0. The topological polar surface area (TPSA) is 68.4 Å². The normalized spacial score (nSPS) is 19.4. The number of piperidine rings is 1. The molecule has 1 aromatic heterocycles. The van der Waals surface area contributed by atoms with Crippen LogP contribution in [0.15, 0.2) is 41.2 Å². The molecule has 3 rings (SSSR count). The van der Waals surface area contributed by atoms with E-state index in [1.807, 2.05) is 31.2 Å². The zero-order chi connectivity index (χ0) is 19.9. The minimum atomic E-state index is -0.185. The van der Waals surface area contributed by atoms with Gasteiger partial charge in [0.05, 0.1) is 37.9 Å². The molecule has 0 saturated carbocycles. The molecule has 0 bridgehead atoms. The van der Waals surface area contributed by atoms with Crippen LogP contribution in [0.25, 0.3) is 11.3 Å². The number of nitrogens with one attached hydrogen (secondary N) is 2. The molecule has 6 nitrogen and oxygen atoms in total. The Morgan fingerprint density at radius 3 is 2.75 bits per heavy atom. The second kappa shape index (κ2) is 9.64. The number of aryl methyl sites for hydroxylation is 2. The fourth-order valence-corrected chi connectivity index (χ4v) is 3.77. The van der Waals surface area contributed by atoms with E-state index in [2.05, 4.69) is 17.3 Å². The summed E-state index contributed by atoms with van der Waals surface area (Å²) in [6.07, 6.45) is 4.13. The summed E-state index contributed by atoms with van der Waals surface area (Å²) in [5.74, 6) is -0.0292. The van der Waals surface area contributed by atoms with E-state index < -0.39 is 0 Å². The summed E-state index contributed by atoms with van der Waals surface area (Å²) in [6.45, 7) is 7.46. The summed E-state index contributed by atoms with van der Waals surface area (Å²) in [5, 5.41) is 7.42. The summed E-state index contributed by atoms with van der Waals surface area (Å²) in [7, 11) is 0. The molecule has 1 aliphatic heterocycles. The third kappa shape index (κ3) is 5.52. The van der Waals surface area contributed by atoms with Crippen molar-refractivity contribution in [1.29, 1.82) is 0 Å². The quantitative estimate of drug-likeness (QED) is 0.755. The molecule has 1 aliphatic rings. The van der Waals surface area contributed by atoms with Crippen molar-refractivity contribution < 1.29 is 9.69 Å². The third-order valence-corrected chi connectivity index (χ3v) is 5.61. The van der Waals surface area contributed by atoms with E-state index in [0.29, 0.717) is 12.6 Å². The summed E-state index contributed by atoms with van der Waals surface area (Å²) in [6, 6.07) is 11.9. The number of carbonyl (C=O) groups is 1. The molecule has 1 saturated heterocycles. The van der Waals surface area contributed by atoms with Gasteiger partial charge in [-0.3, -0.25) is 9.59 Å². The Bertz CT molecular complexity index is 844. The number of nitrogens with zero attached hydrogens (tertiary/aromatic N) is 2. The van der Waals surface area contributed by atoms with E-state index in [9.17, 15) is 9.59 Å². The Morgan fingerprint density at radius 2 is 2.00 bits per heavy atom. The van der Waals surface area contributed by atoms with Crippen LogP contribution in [0.3, 0.4) is 0 Å². The van der Waals surface area contributed by atoms with E-state index in [1.165, 1.54) is 42.1 Å². The maximum absolute atomic E-state index is 12.2. The Kier molecular flexibility index (Phi) is 6.98. The number of rotatable bonds is 7. The van der Waals surface area contributed by atoms with Gasteiger partial charge in [-0.1, -0.05) is 29.8 Å². The van der Waals surface area contributed by atoms with Crippen LogP contribution in [0.1, 0.15) is 38.2 Å². The third-order valence-electron chi connectivity index (χ3n) is 5.61. The molecule has 2 N–H and O–H groups in total. The Morgan fingerprint density at radius 1 is 1.21 bits per heavy atom. The van der Waals surface area contributed by atoms with Gasteiger partial charge in [0.15, 0.2) is 0 Å². The maximum atomic E-state index is 12.2. The standard InChI is InChI=1S/C22H30N4O2/c1-17-6-8-19(9-7-17)20-10-11-22(28)26(24-20)15-12-21(27)23-13-16-25-14-4-3-5-18(25)2/h6-11,18H,3-5,12-16H2,1-2H3,(H,23,27)/p+1. The molecule has 0 spiro atoms. The molecule has 1 amide bonds. The molecule has 0 aliphatic carbocycles. The number of benzene rings is 1. The first-order valence-electron chi connectivity index (χ1n) is 10.3. The van der Waals surface area contributed by atoms with Gasteiger partial charge < -0.3 is 10.2 Å². The molecule has 1 aromatic carbocycles. The molecular weight excluding hydrogens is 352 g/mol. The highest BCUT2D eigenvalue weighted by Gasteiger charge is 2.21. The number of hydrogen-bond acceptors (Lipinski definition) is 3. The number of quaternary nitrogens is 1. The summed E-state index contributed by atoms with van der Waals surface area (Å²) in [4.78, 5) is 25.9. The fourth-order valence-electron chi connectivity index (χ4n) is 3.77. The second-order valence-electron chi connectivity index (χ2n) is 7.80. The van der Waals surface area contributed by atoms with Crippen molar-refractivity contribution in [3.05, 3.63) is 52.3 Å². The van der Waals surface area contributed by atoms with Crippen molar-refractivity contribution in [2.24, 2.45) is 0 Å². The number of amides is 1. The van der Waals surface area contributed by atoms with E-state index in [1.54, 1.807) is 11.0 Å². The minimum absolute atomic E-state index is 0.0292. The van der Waals surface area contributed by atoms with Gasteiger partial charge in [-0.2, -0.15) is 5.10 Å². The maximum Gasteiger partial charge on any atom is 0.266 e. The second-order valence-corrected chi connectivity index (χ2v) is 7.80. The fraction of sp³-hybridized carbons (Fsp3) is 0.500. The van der Waals surface area contributed by atoms with Gasteiger partial charge in [0.1, 0.15) is 0 Å². The lowest BCUT2D eigenvalue weighted by Gasteiger charge is -2.30. The van der Waals surface area contributed by atoms with Gasteiger partial charge in [0.2, 0.25) is 5.91 Å². The van der Waals surface area contributed by atoms with Crippen LogP contribution in [0.2, 0.25) is 0 Å². The molecule has 28 heavy (non-hydrogen) atoms. The van der Waals surface area contributed by atoms with Crippen LogP contribution < -0.4 is 15.8 Å².